The Hall–Kier alpha value is -5.52. The van der Waals surface area contributed by atoms with Crippen molar-refractivity contribution < 1.29 is 14.4 Å². The van der Waals surface area contributed by atoms with Crippen LogP contribution in [0.2, 0.25) is 0 Å². The molecule has 3 aromatic carbocycles. The van der Waals surface area contributed by atoms with Gasteiger partial charge in [0.25, 0.3) is 0 Å². The van der Waals surface area contributed by atoms with E-state index in [1.54, 1.807) is 72.8 Å². The molecule has 0 radical (unpaired) electrons. The van der Waals surface area contributed by atoms with E-state index >= 15 is 0 Å². The SMILES string of the molecule is N=C(N)c1ccc(CNC(=O)C(C(=O)NCc2ccc(C(=N)N)cc2)C(=O)NCc2ccc(C(=N)N)cc2)cc1. The first-order valence-corrected chi connectivity index (χ1v) is 12.2. The van der Waals surface area contributed by atoms with Crippen LogP contribution in [0.4, 0.5) is 0 Å². The molecule has 3 aromatic rings. The van der Waals surface area contributed by atoms with Crippen molar-refractivity contribution in [1.82, 2.24) is 16.0 Å². The summed E-state index contributed by atoms with van der Waals surface area (Å²) in [5.41, 5.74) is 20.1. The summed E-state index contributed by atoms with van der Waals surface area (Å²) in [5.74, 6) is -4.30. The van der Waals surface area contributed by atoms with Crippen LogP contribution in [0.15, 0.2) is 72.8 Å². The molecule has 0 unspecified atom stereocenters. The van der Waals surface area contributed by atoms with Gasteiger partial charge in [-0.05, 0) is 16.7 Å². The van der Waals surface area contributed by atoms with Gasteiger partial charge >= 0.3 is 0 Å². The second kappa shape index (κ2) is 13.3. The Labute approximate surface area is 230 Å². The van der Waals surface area contributed by atoms with Gasteiger partial charge in [0.15, 0.2) is 5.92 Å². The number of carbonyl (C=O) groups is 3. The molecular formula is C28H31N9O3. The molecule has 0 heterocycles. The van der Waals surface area contributed by atoms with Crippen LogP contribution in [0.5, 0.6) is 0 Å². The van der Waals surface area contributed by atoms with Crippen molar-refractivity contribution in [3.05, 3.63) is 106 Å². The highest BCUT2D eigenvalue weighted by molar-refractivity contribution is 6.17. The predicted octanol–water partition coefficient (Wildman–Crippen LogP) is 0.404. The Morgan fingerprint density at radius 3 is 0.925 bits per heavy atom. The lowest BCUT2D eigenvalue weighted by molar-refractivity contribution is -0.143. The van der Waals surface area contributed by atoms with E-state index in [0.717, 1.165) is 0 Å². The van der Waals surface area contributed by atoms with Crippen molar-refractivity contribution in [2.45, 2.75) is 19.6 Å². The van der Waals surface area contributed by atoms with Gasteiger partial charge in [0.2, 0.25) is 17.7 Å². The third kappa shape index (κ3) is 7.99. The van der Waals surface area contributed by atoms with Crippen LogP contribution in [-0.4, -0.2) is 35.2 Å². The zero-order valence-electron chi connectivity index (χ0n) is 21.6. The van der Waals surface area contributed by atoms with Gasteiger partial charge in [-0.3, -0.25) is 30.6 Å². The summed E-state index contributed by atoms with van der Waals surface area (Å²) >= 11 is 0. The van der Waals surface area contributed by atoms with Crippen molar-refractivity contribution in [3.8, 4) is 0 Å². The quantitative estimate of drug-likeness (QED) is 0.0893. The molecule has 12 nitrogen and oxygen atoms in total. The lowest BCUT2D eigenvalue weighted by atomic mass is 10.0. The minimum Gasteiger partial charge on any atom is -0.384 e. The molecule has 0 aliphatic carbocycles. The fourth-order valence-electron chi connectivity index (χ4n) is 3.64. The third-order valence-corrected chi connectivity index (χ3v) is 5.98. The summed E-state index contributed by atoms with van der Waals surface area (Å²) in [6.07, 6.45) is 0. The average molecular weight is 542 g/mol. The fourth-order valence-corrected chi connectivity index (χ4v) is 3.64. The van der Waals surface area contributed by atoms with Gasteiger partial charge in [-0.15, -0.1) is 0 Å². The van der Waals surface area contributed by atoms with Crippen molar-refractivity contribution in [1.29, 1.82) is 16.2 Å². The maximum absolute atomic E-state index is 13.1. The molecular weight excluding hydrogens is 510 g/mol. The molecule has 0 atom stereocenters. The Kier molecular flexibility index (Phi) is 9.68. The first-order chi connectivity index (χ1) is 19.0. The number of rotatable bonds is 12. The minimum absolute atomic E-state index is 0.0487. The smallest absolute Gasteiger partial charge is 0.242 e. The molecule has 0 aliphatic heterocycles. The molecule has 206 valence electrons. The van der Waals surface area contributed by atoms with Crippen LogP contribution in [0.1, 0.15) is 33.4 Å². The summed E-state index contributed by atoms with van der Waals surface area (Å²) in [4.78, 5) is 39.2. The highest BCUT2D eigenvalue weighted by Crippen LogP contribution is 2.09. The van der Waals surface area contributed by atoms with E-state index in [0.29, 0.717) is 33.4 Å². The molecule has 0 fully saturated rings. The van der Waals surface area contributed by atoms with Gasteiger partial charge < -0.3 is 33.2 Å². The Morgan fingerprint density at radius 2 is 0.725 bits per heavy atom. The van der Waals surface area contributed by atoms with E-state index in [-0.39, 0.29) is 37.1 Å². The highest BCUT2D eigenvalue weighted by Gasteiger charge is 2.33. The Morgan fingerprint density at radius 1 is 0.500 bits per heavy atom. The molecule has 12 heteroatoms. The largest absolute Gasteiger partial charge is 0.384 e. The number of amidine groups is 3. The molecule has 0 aliphatic rings. The lowest BCUT2D eigenvalue weighted by Gasteiger charge is -2.17. The van der Waals surface area contributed by atoms with Gasteiger partial charge in [0.05, 0.1) is 0 Å². The summed E-state index contributed by atoms with van der Waals surface area (Å²) in [6, 6.07) is 19.9. The zero-order valence-corrected chi connectivity index (χ0v) is 21.6. The summed E-state index contributed by atoms with van der Waals surface area (Å²) < 4.78 is 0. The maximum Gasteiger partial charge on any atom is 0.242 e. The molecule has 0 saturated carbocycles. The molecule has 12 N–H and O–H groups in total. The van der Waals surface area contributed by atoms with E-state index in [4.69, 9.17) is 33.4 Å². The molecule has 40 heavy (non-hydrogen) atoms. The molecule has 3 amide bonds. The number of nitrogens with two attached hydrogens (primary N) is 3. The van der Waals surface area contributed by atoms with Crippen LogP contribution in [-0.2, 0) is 34.0 Å². The van der Waals surface area contributed by atoms with Gasteiger partial charge in [-0.2, -0.15) is 0 Å². The number of hydrogen-bond acceptors (Lipinski definition) is 6. The summed E-state index contributed by atoms with van der Waals surface area (Å²) in [6.45, 7) is 0.146. The van der Waals surface area contributed by atoms with E-state index < -0.39 is 23.6 Å². The molecule has 0 bridgehead atoms. The van der Waals surface area contributed by atoms with E-state index in [2.05, 4.69) is 16.0 Å². The van der Waals surface area contributed by atoms with Crippen LogP contribution in [0, 0.1) is 22.1 Å². The number of nitrogens with one attached hydrogen (secondary N) is 6. The Balaban J connectivity index is 1.70. The molecule has 0 saturated heterocycles. The third-order valence-electron chi connectivity index (χ3n) is 5.98. The number of benzene rings is 3. The normalized spacial score (nSPS) is 11.1. The van der Waals surface area contributed by atoms with Crippen molar-refractivity contribution in [2.75, 3.05) is 0 Å². The van der Waals surface area contributed by atoms with Crippen LogP contribution in [0.25, 0.3) is 0 Å². The second-order valence-electron chi connectivity index (χ2n) is 8.92. The van der Waals surface area contributed by atoms with Crippen molar-refractivity contribution in [2.24, 2.45) is 23.1 Å². The predicted molar refractivity (Wildman–Crippen MR) is 151 cm³/mol. The molecule has 0 spiro atoms. The number of amides is 3. The molecule has 3 rings (SSSR count). The minimum atomic E-state index is -1.68. The number of hydrogen-bond donors (Lipinski definition) is 9. The highest BCUT2D eigenvalue weighted by atomic mass is 16.2. The standard InChI is InChI=1S/C28H31N9O3/c29-23(30)19-7-1-16(2-8-19)13-35-26(38)22(27(39)36-14-17-3-9-20(10-4-17)24(31)32)28(40)37-15-18-5-11-21(12-6-18)25(33)34/h1-12,22H,13-15H2,(H3,29,30)(H3,31,32)(H3,33,34)(H,35,38)(H,36,39)(H,37,40). The average Bonchev–Trinajstić information content (AvgIpc) is 2.94. The van der Waals surface area contributed by atoms with E-state index in [9.17, 15) is 14.4 Å². The van der Waals surface area contributed by atoms with Gasteiger partial charge in [0, 0.05) is 36.3 Å². The van der Waals surface area contributed by atoms with Gasteiger partial charge in [-0.25, -0.2) is 0 Å². The number of carbonyl (C=O) groups excluding carboxylic acids is 3. The first-order valence-electron chi connectivity index (χ1n) is 12.2. The van der Waals surface area contributed by atoms with Crippen LogP contribution < -0.4 is 33.2 Å². The molecule has 0 aromatic heterocycles. The Bertz CT molecular complexity index is 1240. The van der Waals surface area contributed by atoms with Crippen LogP contribution in [0.3, 0.4) is 0 Å². The zero-order chi connectivity index (χ0) is 29.2. The fraction of sp³-hybridized carbons (Fsp3) is 0.143. The van der Waals surface area contributed by atoms with E-state index in [1.165, 1.54) is 0 Å². The van der Waals surface area contributed by atoms with E-state index in [1.807, 2.05) is 0 Å². The summed E-state index contributed by atoms with van der Waals surface area (Å²) in [5, 5.41) is 30.3. The van der Waals surface area contributed by atoms with Gasteiger partial charge in [0.1, 0.15) is 17.5 Å². The second-order valence-corrected chi connectivity index (χ2v) is 8.92. The van der Waals surface area contributed by atoms with Crippen LogP contribution >= 0.6 is 0 Å². The van der Waals surface area contributed by atoms with Crippen molar-refractivity contribution >= 4 is 35.2 Å². The maximum atomic E-state index is 13.1. The van der Waals surface area contributed by atoms with Crippen molar-refractivity contribution in [3.63, 3.8) is 0 Å². The lowest BCUT2D eigenvalue weighted by Crippen LogP contribution is -2.49. The monoisotopic (exact) mass is 541 g/mol. The first kappa shape index (κ1) is 29.0. The topological polar surface area (TPSA) is 237 Å². The summed E-state index contributed by atoms with van der Waals surface area (Å²) in [7, 11) is 0. The number of nitrogen functional groups attached to an aromatic ring is 3. The van der Waals surface area contributed by atoms with Gasteiger partial charge in [-0.1, -0.05) is 72.8 Å².